The number of para-hydroxylation sites is 1. The Morgan fingerprint density at radius 2 is 2.10 bits per heavy atom. The first-order valence-electron chi connectivity index (χ1n) is 7.39. The molecule has 1 saturated heterocycles. The molecule has 21 heavy (non-hydrogen) atoms. The van der Waals surface area contributed by atoms with Crippen LogP contribution in [0.4, 0.5) is 0 Å². The standard InChI is InChI=1S/C16H24N2O2S/c1-18(11-13-5-3-4-6-15(13)20-2)16(19)12-21-14-7-9-17-10-8-14/h3-6,14,17H,7-12H2,1-2H3. The molecule has 1 aliphatic heterocycles. The molecule has 5 heteroatoms. The van der Waals surface area contributed by atoms with E-state index in [0.29, 0.717) is 17.5 Å². The number of carbonyl (C=O) groups excluding carboxylic acids is 1. The van der Waals surface area contributed by atoms with Gasteiger partial charge in [-0.15, -0.1) is 11.8 Å². The first kappa shape index (κ1) is 16.2. The Labute approximate surface area is 131 Å². The highest BCUT2D eigenvalue weighted by molar-refractivity contribution is 8.00. The van der Waals surface area contributed by atoms with Gasteiger partial charge in [0.05, 0.1) is 12.9 Å². The summed E-state index contributed by atoms with van der Waals surface area (Å²) in [6.45, 7) is 2.74. The fraction of sp³-hybridized carbons (Fsp3) is 0.562. The zero-order valence-electron chi connectivity index (χ0n) is 12.8. The SMILES string of the molecule is COc1ccccc1CN(C)C(=O)CSC1CCNCC1. The lowest BCUT2D eigenvalue weighted by Crippen LogP contribution is -2.32. The molecule has 0 aliphatic carbocycles. The van der Waals surface area contributed by atoms with E-state index in [0.717, 1.165) is 37.2 Å². The molecule has 0 atom stereocenters. The second kappa shape index (κ2) is 8.29. The van der Waals surface area contributed by atoms with Crippen LogP contribution in [-0.2, 0) is 11.3 Å². The van der Waals surface area contributed by atoms with Gasteiger partial charge in [0.15, 0.2) is 0 Å². The summed E-state index contributed by atoms with van der Waals surface area (Å²) >= 11 is 1.79. The molecule has 1 N–H and O–H groups in total. The molecule has 116 valence electrons. The number of piperidine rings is 1. The number of methoxy groups -OCH3 is 1. The summed E-state index contributed by atoms with van der Waals surface area (Å²) in [5.74, 6) is 1.59. The van der Waals surface area contributed by atoms with Crippen molar-refractivity contribution in [3.05, 3.63) is 29.8 Å². The van der Waals surface area contributed by atoms with Gasteiger partial charge in [-0.2, -0.15) is 0 Å². The molecule has 1 aromatic rings. The van der Waals surface area contributed by atoms with Gasteiger partial charge in [0.2, 0.25) is 5.91 Å². The van der Waals surface area contributed by atoms with Crippen molar-refractivity contribution in [1.82, 2.24) is 10.2 Å². The molecular formula is C16H24N2O2S. The van der Waals surface area contributed by atoms with Crippen molar-refractivity contribution in [2.75, 3.05) is 33.0 Å². The van der Waals surface area contributed by atoms with Gasteiger partial charge in [0.1, 0.15) is 5.75 Å². The van der Waals surface area contributed by atoms with E-state index in [4.69, 9.17) is 4.74 Å². The highest BCUT2D eigenvalue weighted by Gasteiger charge is 2.17. The summed E-state index contributed by atoms with van der Waals surface area (Å²) in [6, 6.07) is 7.84. The van der Waals surface area contributed by atoms with Crippen LogP contribution in [0.1, 0.15) is 18.4 Å². The van der Waals surface area contributed by atoms with Crippen molar-refractivity contribution in [3.63, 3.8) is 0 Å². The smallest absolute Gasteiger partial charge is 0.232 e. The van der Waals surface area contributed by atoms with Crippen molar-refractivity contribution in [3.8, 4) is 5.75 Å². The number of carbonyl (C=O) groups is 1. The van der Waals surface area contributed by atoms with Crippen molar-refractivity contribution >= 4 is 17.7 Å². The number of nitrogens with one attached hydrogen (secondary N) is 1. The van der Waals surface area contributed by atoms with Crippen LogP contribution in [0.5, 0.6) is 5.75 Å². The minimum atomic E-state index is 0.185. The summed E-state index contributed by atoms with van der Waals surface area (Å²) in [4.78, 5) is 14.0. The van der Waals surface area contributed by atoms with Gasteiger partial charge in [-0.25, -0.2) is 0 Å². The quantitative estimate of drug-likeness (QED) is 0.874. The number of nitrogens with zero attached hydrogens (tertiary/aromatic N) is 1. The fourth-order valence-corrected chi connectivity index (χ4v) is 3.61. The average molecular weight is 308 g/mol. The fourth-order valence-electron chi connectivity index (χ4n) is 2.44. The summed E-state index contributed by atoms with van der Waals surface area (Å²) in [5.41, 5.74) is 1.04. The summed E-state index contributed by atoms with van der Waals surface area (Å²) < 4.78 is 5.33. The third kappa shape index (κ3) is 4.93. The third-order valence-electron chi connectivity index (χ3n) is 3.75. The molecule has 1 heterocycles. The van der Waals surface area contributed by atoms with Crippen LogP contribution in [0, 0.1) is 0 Å². The average Bonchev–Trinajstić information content (AvgIpc) is 2.54. The normalized spacial score (nSPS) is 15.7. The monoisotopic (exact) mass is 308 g/mol. The number of hydrogen-bond donors (Lipinski definition) is 1. The van der Waals surface area contributed by atoms with E-state index in [9.17, 15) is 4.79 Å². The van der Waals surface area contributed by atoms with Gasteiger partial charge < -0.3 is 15.0 Å². The van der Waals surface area contributed by atoms with Gasteiger partial charge in [-0.05, 0) is 32.0 Å². The molecule has 1 aromatic carbocycles. The number of benzene rings is 1. The van der Waals surface area contributed by atoms with Crippen LogP contribution < -0.4 is 10.1 Å². The second-order valence-corrected chi connectivity index (χ2v) is 6.61. The maximum atomic E-state index is 12.2. The lowest BCUT2D eigenvalue weighted by atomic mass is 10.2. The Hall–Kier alpha value is -1.20. The van der Waals surface area contributed by atoms with E-state index < -0.39 is 0 Å². The third-order valence-corrected chi connectivity index (χ3v) is 5.11. The summed E-state index contributed by atoms with van der Waals surface area (Å²) in [5, 5.41) is 3.97. The predicted molar refractivity (Wildman–Crippen MR) is 87.8 cm³/mol. The molecule has 1 aliphatic rings. The van der Waals surface area contributed by atoms with E-state index in [-0.39, 0.29) is 5.91 Å². The van der Waals surface area contributed by atoms with E-state index in [2.05, 4.69) is 5.32 Å². The molecule has 1 amide bonds. The van der Waals surface area contributed by atoms with E-state index >= 15 is 0 Å². The Balaban J connectivity index is 1.81. The Morgan fingerprint density at radius 3 is 2.81 bits per heavy atom. The number of hydrogen-bond acceptors (Lipinski definition) is 4. The largest absolute Gasteiger partial charge is 0.496 e. The number of amides is 1. The van der Waals surface area contributed by atoms with Gasteiger partial charge in [-0.3, -0.25) is 4.79 Å². The lowest BCUT2D eigenvalue weighted by Gasteiger charge is -2.23. The maximum Gasteiger partial charge on any atom is 0.232 e. The van der Waals surface area contributed by atoms with E-state index in [1.165, 1.54) is 0 Å². The molecule has 1 fully saturated rings. The first-order valence-corrected chi connectivity index (χ1v) is 8.43. The molecule has 0 radical (unpaired) electrons. The van der Waals surface area contributed by atoms with Crippen molar-refractivity contribution in [2.24, 2.45) is 0 Å². The minimum absolute atomic E-state index is 0.185. The maximum absolute atomic E-state index is 12.2. The van der Waals surface area contributed by atoms with Crippen molar-refractivity contribution < 1.29 is 9.53 Å². The molecule has 0 saturated carbocycles. The van der Waals surface area contributed by atoms with Crippen LogP contribution in [0.15, 0.2) is 24.3 Å². The Morgan fingerprint density at radius 1 is 1.38 bits per heavy atom. The van der Waals surface area contributed by atoms with E-state index in [1.54, 1.807) is 23.8 Å². The second-order valence-electron chi connectivity index (χ2n) is 5.32. The van der Waals surface area contributed by atoms with Gasteiger partial charge in [0, 0.05) is 24.4 Å². The molecule has 0 spiro atoms. The Bertz CT molecular complexity index is 461. The molecule has 0 unspecified atom stereocenters. The lowest BCUT2D eigenvalue weighted by molar-refractivity contribution is -0.127. The van der Waals surface area contributed by atoms with Crippen LogP contribution in [0.25, 0.3) is 0 Å². The first-order chi connectivity index (χ1) is 10.2. The molecule has 2 rings (SSSR count). The van der Waals surface area contributed by atoms with Crippen LogP contribution >= 0.6 is 11.8 Å². The summed E-state index contributed by atoms with van der Waals surface area (Å²) in [7, 11) is 3.52. The van der Waals surface area contributed by atoms with Gasteiger partial charge in [-0.1, -0.05) is 18.2 Å². The summed E-state index contributed by atoms with van der Waals surface area (Å²) in [6.07, 6.45) is 2.32. The highest BCUT2D eigenvalue weighted by Crippen LogP contribution is 2.22. The zero-order chi connectivity index (χ0) is 15.1. The van der Waals surface area contributed by atoms with Crippen LogP contribution in [-0.4, -0.2) is 49.1 Å². The number of rotatable bonds is 6. The molecule has 0 bridgehead atoms. The Kier molecular flexibility index (Phi) is 6.39. The van der Waals surface area contributed by atoms with Crippen molar-refractivity contribution in [2.45, 2.75) is 24.6 Å². The van der Waals surface area contributed by atoms with Gasteiger partial charge in [0.25, 0.3) is 0 Å². The minimum Gasteiger partial charge on any atom is -0.496 e. The number of ether oxygens (including phenoxy) is 1. The topological polar surface area (TPSA) is 41.6 Å². The van der Waals surface area contributed by atoms with Crippen LogP contribution in [0.2, 0.25) is 0 Å². The van der Waals surface area contributed by atoms with Gasteiger partial charge >= 0.3 is 0 Å². The van der Waals surface area contributed by atoms with Crippen LogP contribution in [0.3, 0.4) is 0 Å². The predicted octanol–water partition coefficient (Wildman–Crippen LogP) is 2.14. The molecule has 4 nitrogen and oxygen atoms in total. The molecule has 0 aromatic heterocycles. The highest BCUT2D eigenvalue weighted by atomic mass is 32.2. The van der Waals surface area contributed by atoms with Crippen molar-refractivity contribution in [1.29, 1.82) is 0 Å². The van der Waals surface area contributed by atoms with E-state index in [1.807, 2.05) is 31.3 Å². The molecular weight excluding hydrogens is 284 g/mol. The number of thioether (sulfide) groups is 1. The zero-order valence-corrected chi connectivity index (χ0v) is 13.6.